The number of nitrogens with one attached hydrogen (secondary N) is 1. The zero-order valence-electron chi connectivity index (χ0n) is 51.8. The van der Waals surface area contributed by atoms with E-state index in [0.29, 0.717) is 12.8 Å². The van der Waals surface area contributed by atoms with Crippen molar-refractivity contribution in [1.29, 1.82) is 0 Å². The Hall–Kier alpha value is -3.61. The SMILES string of the molecule is CC/C=C\C/C=C\C/C=C\C/C=C\C/C=C\C/C=C\C/C=C\C/C=C\CCCCCCCCCCCCC(=O)NC(COC1OC(CO)C(OC2OC(CO)C(O)C(O)C2O)C(O)C1O)C(O)/C=C/CC/C=C/CCCCCCCCCCC. The fourth-order valence-corrected chi connectivity index (χ4v) is 9.91. The first-order valence-electron chi connectivity index (χ1n) is 32.8. The number of hydrogen-bond acceptors (Lipinski definition) is 13. The summed E-state index contributed by atoms with van der Waals surface area (Å²) in [5.41, 5.74) is 0. The van der Waals surface area contributed by atoms with Gasteiger partial charge in [0.25, 0.3) is 0 Å². The second kappa shape index (κ2) is 53.6. The zero-order chi connectivity index (χ0) is 60.9. The first-order chi connectivity index (χ1) is 41.1. The van der Waals surface area contributed by atoms with E-state index in [9.17, 15) is 45.6 Å². The Balaban J connectivity index is 1.67. The van der Waals surface area contributed by atoms with E-state index in [4.69, 9.17) is 18.9 Å². The lowest BCUT2D eigenvalue weighted by molar-refractivity contribution is -0.359. The van der Waals surface area contributed by atoms with Crippen LogP contribution in [0.1, 0.15) is 219 Å². The predicted molar refractivity (Wildman–Crippen MR) is 341 cm³/mol. The van der Waals surface area contributed by atoms with Crippen molar-refractivity contribution in [2.75, 3.05) is 19.8 Å². The third-order valence-electron chi connectivity index (χ3n) is 15.1. The fraction of sp³-hybridized carbons (Fsp3) is 0.700. The third-order valence-corrected chi connectivity index (χ3v) is 15.1. The number of unbranched alkanes of at least 4 members (excludes halogenated alkanes) is 20. The van der Waals surface area contributed by atoms with Gasteiger partial charge in [0.15, 0.2) is 12.6 Å². The molecular weight excluding hydrogens is 1060 g/mol. The van der Waals surface area contributed by atoms with E-state index in [1.807, 2.05) is 6.08 Å². The molecular formula is C70H117NO13. The summed E-state index contributed by atoms with van der Waals surface area (Å²) in [7, 11) is 0. The number of carbonyl (C=O) groups is 1. The first kappa shape index (κ1) is 76.5. The Morgan fingerprint density at radius 3 is 1.31 bits per heavy atom. The zero-order valence-corrected chi connectivity index (χ0v) is 51.8. The predicted octanol–water partition coefficient (Wildman–Crippen LogP) is 12.6. The molecule has 9 N–H and O–H groups in total. The highest BCUT2D eigenvalue weighted by molar-refractivity contribution is 5.76. The van der Waals surface area contributed by atoms with Crippen LogP contribution in [0.25, 0.3) is 0 Å². The van der Waals surface area contributed by atoms with Crippen molar-refractivity contribution >= 4 is 5.91 Å². The molecule has 0 spiro atoms. The van der Waals surface area contributed by atoms with Gasteiger partial charge in [0.2, 0.25) is 5.91 Å². The molecule has 0 aromatic carbocycles. The minimum atomic E-state index is -1.80. The minimum Gasteiger partial charge on any atom is -0.394 e. The van der Waals surface area contributed by atoms with Crippen LogP contribution in [0.15, 0.2) is 122 Å². The Labute approximate surface area is 508 Å². The number of amides is 1. The maximum absolute atomic E-state index is 13.3. The van der Waals surface area contributed by atoms with Crippen molar-refractivity contribution in [1.82, 2.24) is 5.32 Å². The van der Waals surface area contributed by atoms with Crippen LogP contribution in [0.3, 0.4) is 0 Å². The molecule has 12 atom stereocenters. The monoisotopic (exact) mass is 1180 g/mol. The number of ether oxygens (including phenoxy) is 4. The molecule has 12 unspecified atom stereocenters. The van der Waals surface area contributed by atoms with Crippen molar-refractivity contribution in [2.45, 2.75) is 293 Å². The average molecular weight is 1180 g/mol. The quantitative estimate of drug-likeness (QED) is 0.0204. The van der Waals surface area contributed by atoms with E-state index in [2.05, 4.69) is 129 Å². The molecule has 0 aliphatic carbocycles. The van der Waals surface area contributed by atoms with Crippen LogP contribution < -0.4 is 5.32 Å². The van der Waals surface area contributed by atoms with Gasteiger partial charge in [0.05, 0.1) is 32.0 Å². The molecule has 1 amide bonds. The molecule has 0 saturated carbocycles. The van der Waals surface area contributed by atoms with Crippen molar-refractivity contribution in [3.63, 3.8) is 0 Å². The molecule has 14 nitrogen and oxygen atoms in total. The van der Waals surface area contributed by atoms with Gasteiger partial charge in [-0.1, -0.05) is 238 Å². The van der Waals surface area contributed by atoms with Gasteiger partial charge in [-0.25, -0.2) is 0 Å². The topological polar surface area (TPSA) is 228 Å². The molecule has 0 aromatic heterocycles. The molecule has 14 heteroatoms. The molecule has 0 bridgehead atoms. The van der Waals surface area contributed by atoms with Gasteiger partial charge in [-0.3, -0.25) is 4.79 Å². The number of aliphatic hydroxyl groups is 8. The summed E-state index contributed by atoms with van der Waals surface area (Å²) in [5, 5.41) is 87.2. The maximum atomic E-state index is 13.3. The Morgan fingerprint density at radius 1 is 0.440 bits per heavy atom. The second-order valence-corrected chi connectivity index (χ2v) is 22.5. The van der Waals surface area contributed by atoms with Crippen LogP contribution in [0.5, 0.6) is 0 Å². The van der Waals surface area contributed by atoms with Gasteiger partial charge in [0.1, 0.15) is 48.8 Å². The number of allylic oxidation sites excluding steroid dienone is 19. The van der Waals surface area contributed by atoms with E-state index in [-0.39, 0.29) is 18.9 Å². The van der Waals surface area contributed by atoms with Crippen LogP contribution in [-0.2, 0) is 23.7 Å². The fourth-order valence-electron chi connectivity index (χ4n) is 9.91. The molecule has 84 heavy (non-hydrogen) atoms. The van der Waals surface area contributed by atoms with Crippen LogP contribution in [-0.4, -0.2) is 140 Å². The van der Waals surface area contributed by atoms with Gasteiger partial charge in [-0.15, -0.1) is 0 Å². The molecule has 2 saturated heterocycles. The van der Waals surface area contributed by atoms with Crippen molar-refractivity contribution < 1.29 is 64.6 Å². The van der Waals surface area contributed by atoms with Gasteiger partial charge in [-0.2, -0.15) is 0 Å². The van der Waals surface area contributed by atoms with E-state index in [1.165, 1.54) is 96.3 Å². The summed E-state index contributed by atoms with van der Waals surface area (Å²) in [5.74, 6) is -0.259. The molecule has 480 valence electrons. The lowest BCUT2D eigenvalue weighted by Gasteiger charge is -2.46. The molecule has 2 aliphatic rings. The van der Waals surface area contributed by atoms with Crippen molar-refractivity contribution in [2.24, 2.45) is 0 Å². The Bertz CT molecular complexity index is 1870. The average Bonchev–Trinajstić information content (AvgIpc) is 3.23. The molecule has 0 radical (unpaired) electrons. The van der Waals surface area contributed by atoms with Gasteiger partial charge >= 0.3 is 0 Å². The number of aliphatic hydroxyl groups excluding tert-OH is 8. The summed E-state index contributed by atoms with van der Waals surface area (Å²) in [6, 6.07) is -0.942. The number of hydrogen-bond donors (Lipinski definition) is 9. The highest BCUT2D eigenvalue weighted by atomic mass is 16.7. The number of carbonyl (C=O) groups excluding carboxylic acids is 1. The maximum Gasteiger partial charge on any atom is 0.220 e. The van der Waals surface area contributed by atoms with E-state index in [1.54, 1.807) is 6.08 Å². The number of rotatable bonds is 51. The first-order valence-corrected chi connectivity index (χ1v) is 32.8. The van der Waals surface area contributed by atoms with Crippen molar-refractivity contribution in [3.05, 3.63) is 122 Å². The highest BCUT2D eigenvalue weighted by Crippen LogP contribution is 2.30. The smallest absolute Gasteiger partial charge is 0.220 e. The molecule has 2 fully saturated rings. The van der Waals surface area contributed by atoms with Crippen molar-refractivity contribution in [3.8, 4) is 0 Å². The van der Waals surface area contributed by atoms with Gasteiger partial charge in [-0.05, 0) is 96.3 Å². The second-order valence-electron chi connectivity index (χ2n) is 22.5. The highest BCUT2D eigenvalue weighted by Gasteiger charge is 2.51. The minimum absolute atomic E-state index is 0.259. The molecule has 0 aromatic rings. The third kappa shape index (κ3) is 37.8. The standard InChI is InChI=1S/C70H117NO13/c1-3-5-7-9-11-13-15-17-19-20-21-22-23-24-25-26-27-28-29-30-31-32-33-34-35-36-37-38-40-42-44-46-48-50-52-54-62(75)71-58(59(74)53-51-49-47-45-43-41-39-18-16-14-12-10-8-6-4-2)57-81-69-67(80)65(78)68(61(56-73)83-69)84-70-66(79)64(77)63(76)60(55-72)82-70/h5,7,11,13,17,19,21-22,24-25,27-28,30-31,33-34,43,45,51,53,58-61,63-70,72-74,76-80H,3-4,6,8-10,12,14-16,18,20,23,26,29,32,35-42,44,46-50,52,54-57H2,1-2H3,(H,71,75)/b7-5-,13-11-,19-17-,22-21-,25-24-,28-27-,31-30-,34-33-,45-43+,53-51+. The lowest BCUT2D eigenvalue weighted by atomic mass is 9.97. The summed E-state index contributed by atoms with van der Waals surface area (Å²) in [6.45, 7) is 2.65. The van der Waals surface area contributed by atoms with Crippen LogP contribution >= 0.6 is 0 Å². The van der Waals surface area contributed by atoms with Gasteiger partial charge < -0.3 is 65.1 Å². The normalized spacial score (nSPS) is 24.5. The van der Waals surface area contributed by atoms with Crippen LogP contribution in [0.2, 0.25) is 0 Å². The van der Waals surface area contributed by atoms with E-state index in [0.717, 1.165) is 89.9 Å². The molecule has 2 aliphatic heterocycles. The van der Waals surface area contributed by atoms with E-state index < -0.39 is 86.8 Å². The summed E-state index contributed by atoms with van der Waals surface area (Å²) in [6.07, 6.45) is 61.0. The van der Waals surface area contributed by atoms with E-state index >= 15 is 0 Å². The largest absolute Gasteiger partial charge is 0.394 e. The Morgan fingerprint density at radius 2 is 0.833 bits per heavy atom. The summed E-state index contributed by atoms with van der Waals surface area (Å²) in [4.78, 5) is 13.3. The lowest BCUT2D eigenvalue weighted by Crippen LogP contribution is -2.65. The van der Waals surface area contributed by atoms with Crippen LogP contribution in [0.4, 0.5) is 0 Å². The van der Waals surface area contributed by atoms with Gasteiger partial charge in [0, 0.05) is 6.42 Å². The Kier molecular flexibility index (Phi) is 48.8. The molecule has 2 heterocycles. The summed E-state index contributed by atoms with van der Waals surface area (Å²) >= 11 is 0. The summed E-state index contributed by atoms with van der Waals surface area (Å²) < 4.78 is 22.8. The van der Waals surface area contributed by atoms with Crippen LogP contribution in [0, 0.1) is 0 Å². The molecule has 2 rings (SSSR count).